The Hall–Kier alpha value is -3.15. The average Bonchev–Trinajstić information content (AvgIpc) is 2.73. The highest BCUT2D eigenvalue weighted by molar-refractivity contribution is 6.10. The SMILES string of the molecule is CCOC(=O)C1C(=O)C=C(c2ccc(F)cc2)CC1c1ccc(OC)c(OC)c1. The Kier molecular flexibility index (Phi) is 6.32. The number of ether oxygens (including phenoxy) is 3. The fourth-order valence-corrected chi connectivity index (χ4v) is 3.64. The maximum Gasteiger partial charge on any atom is 0.317 e. The third kappa shape index (κ3) is 4.31. The summed E-state index contributed by atoms with van der Waals surface area (Å²) in [6, 6.07) is 11.3. The quantitative estimate of drug-likeness (QED) is 0.540. The first kappa shape index (κ1) is 20.6. The summed E-state index contributed by atoms with van der Waals surface area (Å²) < 4.78 is 29.1. The Bertz CT molecular complexity index is 933. The first-order valence-electron chi connectivity index (χ1n) is 9.37. The minimum Gasteiger partial charge on any atom is -0.493 e. The van der Waals surface area contributed by atoms with Crippen LogP contribution in [0.2, 0.25) is 0 Å². The van der Waals surface area contributed by atoms with E-state index in [1.165, 1.54) is 25.3 Å². The van der Waals surface area contributed by atoms with Gasteiger partial charge in [0.05, 0.1) is 20.8 Å². The molecule has 0 N–H and O–H groups in total. The lowest BCUT2D eigenvalue weighted by atomic mass is 9.73. The third-order valence-electron chi connectivity index (χ3n) is 5.06. The Morgan fingerprint density at radius 2 is 1.76 bits per heavy atom. The largest absolute Gasteiger partial charge is 0.493 e. The molecule has 5 nitrogen and oxygen atoms in total. The molecule has 1 aliphatic carbocycles. The fourth-order valence-electron chi connectivity index (χ4n) is 3.64. The standard InChI is InChI=1S/C23H23FO5/c1-4-29-23(26)22-18(15-7-10-20(27-2)21(13-15)28-3)11-16(12-19(22)25)14-5-8-17(24)9-6-14/h5-10,12-13,18,22H,4,11H2,1-3H3. The second kappa shape index (κ2) is 8.90. The lowest BCUT2D eigenvalue weighted by molar-refractivity contribution is -0.151. The van der Waals surface area contributed by atoms with E-state index < -0.39 is 17.8 Å². The summed E-state index contributed by atoms with van der Waals surface area (Å²) in [7, 11) is 3.07. The first-order chi connectivity index (χ1) is 14.0. The number of ketones is 1. The summed E-state index contributed by atoms with van der Waals surface area (Å²) >= 11 is 0. The highest BCUT2D eigenvalue weighted by Gasteiger charge is 2.40. The van der Waals surface area contributed by atoms with Crippen LogP contribution in [0.1, 0.15) is 30.4 Å². The second-order valence-electron chi connectivity index (χ2n) is 6.73. The molecule has 29 heavy (non-hydrogen) atoms. The summed E-state index contributed by atoms with van der Waals surface area (Å²) in [4.78, 5) is 25.5. The summed E-state index contributed by atoms with van der Waals surface area (Å²) in [5.74, 6) is -1.54. The zero-order valence-electron chi connectivity index (χ0n) is 16.6. The number of allylic oxidation sites excluding steroid dienone is 2. The molecule has 0 heterocycles. The minimum atomic E-state index is -0.947. The fraction of sp³-hybridized carbons (Fsp3) is 0.304. The van der Waals surface area contributed by atoms with Gasteiger partial charge in [-0.05, 0) is 60.4 Å². The predicted molar refractivity (Wildman–Crippen MR) is 106 cm³/mol. The molecule has 6 heteroatoms. The van der Waals surface area contributed by atoms with Crippen molar-refractivity contribution in [2.45, 2.75) is 19.3 Å². The van der Waals surface area contributed by atoms with E-state index >= 15 is 0 Å². The molecule has 0 radical (unpaired) electrons. The van der Waals surface area contributed by atoms with E-state index in [0.717, 1.165) is 16.7 Å². The number of carbonyl (C=O) groups is 2. The lowest BCUT2D eigenvalue weighted by Crippen LogP contribution is -2.34. The molecule has 0 aromatic heterocycles. The molecule has 0 bridgehead atoms. The van der Waals surface area contributed by atoms with Crippen molar-refractivity contribution in [3.8, 4) is 11.5 Å². The summed E-state index contributed by atoms with van der Waals surface area (Å²) in [5, 5.41) is 0. The minimum absolute atomic E-state index is 0.190. The molecule has 3 rings (SSSR count). The maximum atomic E-state index is 13.3. The zero-order chi connectivity index (χ0) is 21.0. The van der Waals surface area contributed by atoms with Crippen LogP contribution >= 0.6 is 0 Å². The number of rotatable bonds is 6. The third-order valence-corrected chi connectivity index (χ3v) is 5.06. The van der Waals surface area contributed by atoms with Crippen molar-refractivity contribution in [3.63, 3.8) is 0 Å². The molecule has 0 saturated carbocycles. The van der Waals surface area contributed by atoms with Gasteiger partial charge in [0.1, 0.15) is 11.7 Å². The highest BCUT2D eigenvalue weighted by Crippen LogP contribution is 2.42. The molecule has 0 saturated heterocycles. The van der Waals surface area contributed by atoms with Crippen molar-refractivity contribution in [3.05, 3.63) is 65.5 Å². The number of carbonyl (C=O) groups excluding carboxylic acids is 2. The van der Waals surface area contributed by atoms with E-state index in [9.17, 15) is 14.0 Å². The molecule has 1 aliphatic rings. The summed E-state index contributed by atoms with van der Waals surface area (Å²) in [6.07, 6.45) is 1.89. The van der Waals surface area contributed by atoms with Gasteiger partial charge in [0.25, 0.3) is 0 Å². The number of hydrogen-bond donors (Lipinski definition) is 0. The number of hydrogen-bond acceptors (Lipinski definition) is 5. The smallest absolute Gasteiger partial charge is 0.317 e. The van der Waals surface area contributed by atoms with Gasteiger partial charge < -0.3 is 14.2 Å². The topological polar surface area (TPSA) is 61.8 Å². The molecule has 2 aromatic rings. The van der Waals surface area contributed by atoms with E-state index in [1.807, 2.05) is 6.07 Å². The van der Waals surface area contributed by atoms with Crippen molar-refractivity contribution in [1.82, 2.24) is 0 Å². The molecule has 2 aromatic carbocycles. The normalized spacial score (nSPS) is 18.8. The monoisotopic (exact) mass is 398 g/mol. The van der Waals surface area contributed by atoms with Crippen LogP contribution in [-0.4, -0.2) is 32.6 Å². The number of methoxy groups -OCH3 is 2. The van der Waals surface area contributed by atoms with Gasteiger partial charge in [0.2, 0.25) is 0 Å². The molecule has 0 amide bonds. The second-order valence-corrected chi connectivity index (χ2v) is 6.73. The number of esters is 1. The van der Waals surface area contributed by atoms with Gasteiger partial charge in [0.15, 0.2) is 17.3 Å². The Morgan fingerprint density at radius 1 is 1.07 bits per heavy atom. The highest BCUT2D eigenvalue weighted by atomic mass is 19.1. The van der Waals surface area contributed by atoms with Crippen molar-refractivity contribution in [1.29, 1.82) is 0 Å². The van der Waals surface area contributed by atoms with Gasteiger partial charge in [-0.3, -0.25) is 9.59 Å². The Labute approximate surface area is 169 Å². The van der Waals surface area contributed by atoms with Crippen LogP contribution < -0.4 is 9.47 Å². The molecule has 152 valence electrons. The zero-order valence-corrected chi connectivity index (χ0v) is 16.6. The van der Waals surface area contributed by atoms with Crippen molar-refractivity contribution < 1.29 is 28.2 Å². The van der Waals surface area contributed by atoms with Gasteiger partial charge >= 0.3 is 5.97 Å². The van der Waals surface area contributed by atoms with Gasteiger partial charge in [-0.25, -0.2) is 4.39 Å². The van der Waals surface area contributed by atoms with Crippen LogP contribution in [0.3, 0.4) is 0 Å². The van der Waals surface area contributed by atoms with Crippen molar-refractivity contribution >= 4 is 17.3 Å². The Morgan fingerprint density at radius 3 is 2.38 bits per heavy atom. The number of halogens is 1. The molecule has 0 spiro atoms. The maximum absolute atomic E-state index is 13.3. The van der Waals surface area contributed by atoms with Gasteiger partial charge in [-0.2, -0.15) is 0 Å². The van der Waals surface area contributed by atoms with Crippen LogP contribution in [0.5, 0.6) is 11.5 Å². The van der Waals surface area contributed by atoms with E-state index in [-0.39, 0.29) is 18.2 Å². The Balaban J connectivity index is 2.05. The van der Waals surface area contributed by atoms with Crippen molar-refractivity contribution in [2.75, 3.05) is 20.8 Å². The lowest BCUT2D eigenvalue weighted by Gasteiger charge is -2.30. The van der Waals surface area contributed by atoms with E-state index in [1.54, 1.807) is 38.3 Å². The first-order valence-corrected chi connectivity index (χ1v) is 9.37. The molecular formula is C23H23FO5. The molecule has 2 unspecified atom stereocenters. The molecule has 2 atom stereocenters. The van der Waals surface area contributed by atoms with Gasteiger partial charge in [0, 0.05) is 5.92 Å². The van der Waals surface area contributed by atoms with Crippen LogP contribution in [0, 0.1) is 11.7 Å². The number of benzene rings is 2. The van der Waals surface area contributed by atoms with Crippen LogP contribution in [0.4, 0.5) is 4.39 Å². The van der Waals surface area contributed by atoms with Crippen LogP contribution in [-0.2, 0) is 14.3 Å². The van der Waals surface area contributed by atoms with Crippen molar-refractivity contribution in [2.24, 2.45) is 5.92 Å². The molecular weight excluding hydrogens is 375 g/mol. The van der Waals surface area contributed by atoms with Crippen LogP contribution in [0.15, 0.2) is 48.5 Å². The van der Waals surface area contributed by atoms with Gasteiger partial charge in [-0.15, -0.1) is 0 Å². The van der Waals surface area contributed by atoms with Crippen LogP contribution in [0.25, 0.3) is 5.57 Å². The molecule has 0 fully saturated rings. The van der Waals surface area contributed by atoms with E-state index in [4.69, 9.17) is 14.2 Å². The van der Waals surface area contributed by atoms with E-state index in [0.29, 0.717) is 17.9 Å². The predicted octanol–water partition coefficient (Wildman–Crippen LogP) is 4.16. The van der Waals surface area contributed by atoms with E-state index in [2.05, 4.69) is 0 Å². The van der Waals surface area contributed by atoms with Gasteiger partial charge in [-0.1, -0.05) is 18.2 Å². The average molecular weight is 398 g/mol. The molecule has 0 aliphatic heterocycles. The summed E-state index contributed by atoms with van der Waals surface area (Å²) in [5.41, 5.74) is 2.25. The summed E-state index contributed by atoms with van der Waals surface area (Å²) in [6.45, 7) is 1.90.